The van der Waals surface area contributed by atoms with Gasteiger partial charge < -0.3 is 10.5 Å². The SMILES string of the molecule is Cc1ccc(F)c(OCC(NC2CC2)(C(N)=O)C2CC2)c1. The lowest BCUT2D eigenvalue weighted by molar-refractivity contribution is -0.126. The number of primary amides is 1. The Kier molecular flexibility index (Phi) is 3.61. The van der Waals surface area contributed by atoms with E-state index in [4.69, 9.17) is 10.5 Å². The van der Waals surface area contributed by atoms with Gasteiger partial charge in [0, 0.05) is 6.04 Å². The van der Waals surface area contributed by atoms with Gasteiger partial charge in [-0.2, -0.15) is 0 Å². The average molecular weight is 292 g/mol. The van der Waals surface area contributed by atoms with E-state index in [-0.39, 0.29) is 18.3 Å². The molecule has 2 aliphatic rings. The number of halogens is 1. The van der Waals surface area contributed by atoms with Crippen LogP contribution in [-0.2, 0) is 4.79 Å². The van der Waals surface area contributed by atoms with Crippen molar-refractivity contribution >= 4 is 5.91 Å². The molecule has 3 rings (SSSR count). The van der Waals surface area contributed by atoms with Crippen LogP contribution in [0.5, 0.6) is 5.75 Å². The minimum absolute atomic E-state index is 0.0872. The minimum atomic E-state index is -0.864. The molecule has 1 aromatic rings. The lowest BCUT2D eigenvalue weighted by Crippen LogP contribution is -2.61. The molecule has 2 saturated carbocycles. The molecule has 5 heteroatoms. The molecule has 114 valence electrons. The van der Waals surface area contributed by atoms with Gasteiger partial charge in [-0.15, -0.1) is 0 Å². The van der Waals surface area contributed by atoms with Crippen LogP contribution in [-0.4, -0.2) is 24.1 Å². The molecule has 1 amide bonds. The number of carbonyl (C=O) groups is 1. The molecule has 2 fully saturated rings. The van der Waals surface area contributed by atoms with Gasteiger partial charge in [0.05, 0.1) is 0 Å². The standard InChI is InChI=1S/C16H21FN2O2/c1-10-2-7-13(17)14(8-10)21-9-16(15(18)20,11-3-4-11)19-12-5-6-12/h2,7-8,11-12,19H,3-6,9H2,1H3,(H2,18,20). The zero-order valence-electron chi connectivity index (χ0n) is 12.2. The normalized spacial score (nSPS) is 20.9. The third-order valence-electron chi connectivity index (χ3n) is 4.30. The van der Waals surface area contributed by atoms with Gasteiger partial charge in [0.1, 0.15) is 12.1 Å². The maximum atomic E-state index is 13.8. The molecule has 1 unspecified atom stereocenters. The largest absolute Gasteiger partial charge is 0.488 e. The summed E-state index contributed by atoms with van der Waals surface area (Å²) in [4.78, 5) is 12.0. The fourth-order valence-electron chi connectivity index (χ4n) is 2.70. The molecule has 0 aliphatic heterocycles. The molecule has 21 heavy (non-hydrogen) atoms. The van der Waals surface area contributed by atoms with E-state index < -0.39 is 17.3 Å². The van der Waals surface area contributed by atoms with Crippen molar-refractivity contribution < 1.29 is 13.9 Å². The van der Waals surface area contributed by atoms with Crippen LogP contribution in [0.3, 0.4) is 0 Å². The first-order valence-electron chi connectivity index (χ1n) is 7.48. The molecule has 1 atom stereocenters. The number of carbonyl (C=O) groups excluding carboxylic acids is 1. The monoisotopic (exact) mass is 292 g/mol. The molecule has 2 aliphatic carbocycles. The Morgan fingerprint density at radius 2 is 2.14 bits per heavy atom. The summed E-state index contributed by atoms with van der Waals surface area (Å²) in [6.45, 7) is 1.96. The van der Waals surface area contributed by atoms with E-state index in [0.29, 0.717) is 6.04 Å². The summed E-state index contributed by atoms with van der Waals surface area (Å²) in [5.41, 5.74) is 5.70. The van der Waals surface area contributed by atoms with Crippen molar-refractivity contribution in [2.45, 2.75) is 44.2 Å². The summed E-state index contributed by atoms with van der Waals surface area (Å²) < 4.78 is 19.4. The lowest BCUT2D eigenvalue weighted by Gasteiger charge is -2.32. The number of aryl methyl sites for hydroxylation is 1. The first kappa shape index (κ1) is 14.3. The van der Waals surface area contributed by atoms with Gasteiger partial charge in [-0.05, 0) is 56.2 Å². The van der Waals surface area contributed by atoms with Crippen molar-refractivity contribution in [2.24, 2.45) is 11.7 Å². The third-order valence-corrected chi connectivity index (χ3v) is 4.30. The second-order valence-electron chi connectivity index (χ2n) is 6.25. The average Bonchev–Trinajstić information content (AvgIpc) is 3.30. The van der Waals surface area contributed by atoms with Crippen LogP contribution >= 0.6 is 0 Å². The Bertz CT molecular complexity index is 555. The second-order valence-corrected chi connectivity index (χ2v) is 6.25. The highest BCUT2D eigenvalue weighted by Crippen LogP contribution is 2.42. The predicted octanol–water partition coefficient (Wildman–Crippen LogP) is 1.90. The number of nitrogens with two attached hydrogens (primary N) is 1. The quantitative estimate of drug-likeness (QED) is 0.806. The Morgan fingerprint density at radius 1 is 1.43 bits per heavy atom. The summed E-state index contributed by atoms with van der Waals surface area (Å²) in [7, 11) is 0. The lowest BCUT2D eigenvalue weighted by atomic mass is 9.93. The van der Waals surface area contributed by atoms with Crippen molar-refractivity contribution in [1.29, 1.82) is 0 Å². The second kappa shape index (κ2) is 5.30. The van der Waals surface area contributed by atoms with E-state index in [1.165, 1.54) is 6.07 Å². The number of benzene rings is 1. The van der Waals surface area contributed by atoms with Crippen LogP contribution in [0.15, 0.2) is 18.2 Å². The topological polar surface area (TPSA) is 64.3 Å². The van der Waals surface area contributed by atoms with Gasteiger partial charge in [0.15, 0.2) is 11.6 Å². The smallest absolute Gasteiger partial charge is 0.241 e. The van der Waals surface area contributed by atoms with Gasteiger partial charge in [-0.25, -0.2) is 4.39 Å². The van der Waals surface area contributed by atoms with E-state index >= 15 is 0 Å². The summed E-state index contributed by atoms with van der Waals surface area (Å²) >= 11 is 0. The third kappa shape index (κ3) is 3.02. The molecular formula is C16H21FN2O2. The van der Waals surface area contributed by atoms with E-state index in [1.54, 1.807) is 12.1 Å². The summed E-state index contributed by atoms with van der Waals surface area (Å²) in [5, 5.41) is 3.35. The zero-order chi connectivity index (χ0) is 15.0. The van der Waals surface area contributed by atoms with Gasteiger partial charge in [-0.3, -0.25) is 10.1 Å². The van der Waals surface area contributed by atoms with Crippen LogP contribution in [0, 0.1) is 18.7 Å². The van der Waals surface area contributed by atoms with Crippen LogP contribution in [0.1, 0.15) is 31.2 Å². The Labute approximate surface area is 123 Å². The number of hydrogen-bond donors (Lipinski definition) is 2. The molecule has 0 aromatic heterocycles. The number of rotatable bonds is 7. The predicted molar refractivity (Wildman–Crippen MR) is 77.4 cm³/mol. The van der Waals surface area contributed by atoms with E-state index in [1.807, 2.05) is 6.92 Å². The Balaban J connectivity index is 1.77. The van der Waals surface area contributed by atoms with Crippen LogP contribution < -0.4 is 15.8 Å². The number of nitrogens with one attached hydrogen (secondary N) is 1. The van der Waals surface area contributed by atoms with Gasteiger partial charge in [0.2, 0.25) is 5.91 Å². The maximum Gasteiger partial charge on any atom is 0.241 e. The molecule has 3 N–H and O–H groups in total. The molecule has 0 radical (unpaired) electrons. The fraction of sp³-hybridized carbons (Fsp3) is 0.562. The highest BCUT2D eigenvalue weighted by atomic mass is 19.1. The molecule has 4 nitrogen and oxygen atoms in total. The molecule has 0 spiro atoms. The van der Waals surface area contributed by atoms with E-state index in [9.17, 15) is 9.18 Å². The molecule has 0 saturated heterocycles. The molecule has 1 aromatic carbocycles. The van der Waals surface area contributed by atoms with Crippen molar-refractivity contribution in [2.75, 3.05) is 6.61 Å². The number of amides is 1. The summed E-state index contributed by atoms with van der Waals surface area (Å²) in [5.74, 6) is -0.437. The summed E-state index contributed by atoms with van der Waals surface area (Å²) in [6.07, 6.45) is 4.03. The first-order chi connectivity index (χ1) is 10.0. The highest BCUT2D eigenvalue weighted by Gasteiger charge is 2.52. The van der Waals surface area contributed by atoms with Gasteiger partial charge >= 0.3 is 0 Å². The van der Waals surface area contributed by atoms with Gasteiger partial charge in [0.25, 0.3) is 0 Å². The maximum absolute atomic E-state index is 13.8. The van der Waals surface area contributed by atoms with Gasteiger partial charge in [-0.1, -0.05) is 6.07 Å². The molecule has 0 heterocycles. The number of ether oxygens (including phenoxy) is 1. The van der Waals surface area contributed by atoms with E-state index in [2.05, 4.69) is 5.32 Å². The number of hydrogen-bond acceptors (Lipinski definition) is 3. The Hall–Kier alpha value is -1.62. The van der Waals surface area contributed by atoms with Crippen molar-refractivity contribution in [1.82, 2.24) is 5.32 Å². The van der Waals surface area contributed by atoms with Crippen molar-refractivity contribution in [3.63, 3.8) is 0 Å². The highest BCUT2D eigenvalue weighted by molar-refractivity contribution is 5.86. The first-order valence-corrected chi connectivity index (χ1v) is 7.48. The van der Waals surface area contributed by atoms with Crippen LogP contribution in [0.2, 0.25) is 0 Å². The van der Waals surface area contributed by atoms with E-state index in [0.717, 1.165) is 31.2 Å². The minimum Gasteiger partial charge on any atom is -0.488 e. The summed E-state index contributed by atoms with van der Waals surface area (Å²) in [6, 6.07) is 5.05. The van der Waals surface area contributed by atoms with Crippen molar-refractivity contribution in [3.8, 4) is 5.75 Å². The van der Waals surface area contributed by atoms with Crippen LogP contribution in [0.4, 0.5) is 4.39 Å². The molecule has 0 bridgehead atoms. The molecular weight excluding hydrogens is 271 g/mol. The zero-order valence-corrected chi connectivity index (χ0v) is 12.2. The fourth-order valence-corrected chi connectivity index (χ4v) is 2.70. The van der Waals surface area contributed by atoms with Crippen LogP contribution in [0.25, 0.3) is 0 Å². The Morgan fingerprint density at radius 3 is 2.71 bits per heavy atom. The van der Waals surface area contributed by atoms with Crippen molar-refractivity contribution in [3.05, 3.63) is 29.6 Å².